The Bertz CT molecular complexity index is 500. The average Bonchev–Trinajstić information content (AvgIpc) is 2.46. The summed E-state index contributed by atoms with van der Waals surface area (Å²) < 4.78 is 14.1. The van der Waals surface area contributed by atoms with Crippen molar-refractivity contribution in [3.05, 3.63) is 41.2 Å². The molecule has 0 amide bonds. The highest BCUT2D eigenvalue weighted by Gasteiger charge is 2.11. The fourth-order valence-corrected chi connectivity index (χ4v) is 2.08. The van der Waals surface area contributed by atoms with Gasteiger partial charge in [-0.3, -0.25) is 4.90 Å². The van der Waals surface area contributed by atoms with Gasteiger partial charge in [-0.1, -0.05) is 39.3 Å². The molecule has 21 heavy (non-hydrogen) atoms. The molecule has 116 valence electrons. The van der Waals surface area contributed by atoms with E-state index in [1.165, 1.54) is 12.1 Å². The average molecular weight is 293 g/mol. The molecule has 0 aliphatic carbocycles. The number of carbonyl (C=O) groups is 1. The summed E-state index contributed by atoms with van der Waals surface area (Å²) in [6.07, 6.45) is 3.51. The predicted molar refractivity (Wildman–Crippen MR) is 83.5 cm³/mol. The summed E-state index contributed by atoms with van der Waals surface area (Å²) >= 11 is 0. The zero-order valence-corrected chi connectivity index (χ0v) is 13.0. The largest absolute Gasteiger partial charge is 0.478 e. The number of halogens is 1. The highest BCUT2D eigenvalue weighted by atomic mass is 19.1. The minimum absolute atomic E-state index is 0.287. The summed E-state index contributed by atoms with van der Waals surface area (Å²) in [5, 5.41) is 8.57. The number of hydrogen-bond acceptors (Lipinski definition) is 2. The molecule has 1 atom stereocenters. The molecule has 4 heteroatoms. The molecule has 1 unspecified atom stereocenters. The lowest BCUT2D eigenvalue weighted by Gasteiger charge is -2.24. The Morgan fingerprint density at radius 2 is 2.14 bits per heavy atom. The molecule has 1 rings (SSSR count). The van der Waals surface area contributed by atoms with Gasteiger partial charge in [0.25, 0.3) is 0 Å². The van der Waals surface area contributed by atoms with E-state index in [-0.39, 0.29) is 5.82 Å². The number of rotatable bonds is 8. The Morgan fingerprint density at radius 3 is 2.67 bits per heavy atom. The van der Waals surface area contributed by atoms with Crippen molar-refractivity contribution in [2.75, 3.05) is 13.1 Å². The van der Waals surface area contributed by atoms with Gasteiger partial charge in [-0.2, -0.15) is 0 Å². The van der Waals surface area contributed by atoms with Crippen molar-refractivity contribution in [3.63, 3.8) is 0 Å². The van der Waals surface area contributed by atoms with Crippen LogP contribution in [-0.2, 0) is 11.3 Å². The van der Waals surface area contributed by atoms with Gasteiger partial charge in [-0.25, -0.2) is 9.18 Å². The minimum atomic E-state index is -1.04. The number of hydrogen-bond donors (Lipinski definition) is 1. The molecule has 0 aliphatic rings. The van der Waals surface area contributed by atoms with E-state index in [2.05, 4.69) is 25.7 Å². The molecule has 0 fully saturated rings. The van der Waals surface area contributed by atoms with E-state index < -0.39 is 5.97 Å². The predicted octanol–water partition coefficient (Wildman–Crippen LogP) is 3.79. The Hall–Kier alpha value is -1.68. The van der Waals surface area contributed by atoms with Crippen molar-refractivity contribution in [1.82, 2.24) is 4.90 Å². The number of carboxylic acid groups (broad SMARTS) is 1. The lowest BCUT2D eigenvalue weighted by Crippen LogP contribution is -2.28. The first-order valence-corrected chi connectivity index (χ1v) is 7.38. The first-order valence-electron chi connectivity index (χ1n) is 7.38. The summed E-state index contributed by atoms with van der Waals surface area (Å²) in [5.41, 5.74) is 1.20. The van der Waals surface area contributed by atoms with Crippen LogP contribution in [0.4, 0.5) is 4.39 Å². The molecule has 0 radical (unpaired) electrons. The minimum Gasteiger partial charge on any atom is -0.478 e. The van der Waals surface area contributed by atoms with E-state index >= 15 is 0 Å². The maximum Gasteiger partial charge on any atom is 0.328 e. The molecule has 0 heterocycles. The van der Waals surface area contributed by atoms with Gasteiger partial charge in [-0.05, 0) is 30.2 Å². The Morgan fingerprint density at radius 1 is 1.43 bits per heavy atom. The molecule has 1 aromatic carbocycles. The Kier molecular flexibility index (Phi) is 7.09. The summed E-state index contributed by atoms with van der Waals surface area (Å²) in [4.78, 5) is 12.7. The third-order valence-electron chi connectivity index (χ3n) is 3.60. The molecule has 1 aromatic rings. The number of carboxylic acids is 1. The Labute approximate surface area is 126 Å². The lowest BCUT2D eigenvalue weighted by atomic mass is 10.1. The second-order valence-electron chi connectivity index (χ2n) is 5.36. The zero-order valence-electron chi connectivity index (χ0n) is 13.0. The van der Waals surface area contributed by atoms with E-state index in [0.29, 0.717) is 23.6 Å². The maximum atomic E-state index is 14.1. The standard InChI is InChI=1S/C17H24FNO2/c1-4-13(3)11-19(5-2)12-15-8-6-14(10-16(15)18)7-9-17(20)21/h6-10,13H,4-5,11-12H2,1-3H3,(H,20,21). The zero-order chi connectivity index (χ0) is 15.8. The van der Waals surface area contributed by atoms with Crippen LogP contribution < -0.4 is 0 Å². The van der Waals surface area contributed by atoms with Crippen LogP contribution >= 0.6 is 0 Å². The van der Waals surface area contributed by atoms with Crippen molar-refractivity contribution in [3.8, 4) is 0 Å². The molecular formula is C17H24FNO2. The summed E-state index contributed by atoms with van der Waals surface area (Å²) in [6.45, 7) is 8.83. The van der Waals surface area contributed by atoms with E-state index in [4.69, 9.17) is 5.11 Å². The highest BCUT2D eigenvalue weighted by Crippen LogP contribution is 2.15. The summed E-state index contributed by atoms with van der Waals surface area (Å²) in [6, 6.07) is 4.86. The van der Waals surface area contributed by atoms with E-state index in [9.17, 15) is 9.18 Å². The first-order chi connectivity index (χ1) is 9.96. The van der Waals surface area contributed by atoms with Gasteiger partial charge >= 0.3 is 5.97 Å². The fraction of sp³-hybridized carbons (Fsp3) is 0.471. The molecule has 3 nitrogen and oxygen atoms in total. The molecule has 0 saturated heterocycles. The smallest absolute Gasteiger partial charge is 0.328 e. The second-order valence-corrected chi connectivity index (χ2v) is 5.36. The number of nitrogens with zero attached hydrogens (tertiary/aromatic N) is 1. The van der Waals surface area contributed by atoms with Crippen molar-refractivity contribution >= 4 is 12.0 Å². The fourth-order valence-electron chi connectivity index (χ4n) is 2.08. The van der Waals surface area contributed by atoms with E-state index in [1.54, 1.807) is 12.1 Å². The van der Waals surface area contributed by atoms with Gasteiger partial charge in [0, 0.05) is 24.7 Å². The Balaban J connectivity index is 2.77. The van der Waals surface area contributed by atoms with Gasteiger partial charge in [-0.15, -0.1) is 0 Å². The lowest BCUT2D eigenvalue weighted by molar-refractivity contribution is -0.131. The normalized spacial score (nSPS) is 13.0. The third kappa shape index (κ3) is 6.08. The van der Waals surface area contributed by atoms with Crippen LogP contribution in [0, 0.1) is 11.7 Å². The molecule has 0 bridgehead atoms. The summed E-state index contributed by atoms with van der Waals surface area (Å²) in [7, 11) is 0. The van der Waals surface area contributed by atoms with Gasteiger partial charge in [0.05, 0.1) is 0 Å². The molecule has 0 spiro atoms. The maximum absolute atomic E-state index is 14.1. The first kappa shape index (κ1) is 17.4. The van der Waals surface area contributed by atoms with Crippen molar-refractivity contribution in [2.24, 2.45) is 5.92 Å². The van der Waals surface area contributed by atoms with Crippen molar-refractivity contribution < 1.29 is 14.3 Å². The SMILES string of the molecule is CCC(C)CN(CC)Cc1ccc(C=CC(=O)O)cc1F. The van der Waals surface area contributed by atoms with Gasteiger partial charge in [0.15, 0.2) is 0 Å². The third-order valence-corrected chi connectivity index (χ3v) is 3.60. The van der Waals surface area contributed by atoms with Crippen LogP contribution in [0.15, 0.2) is 24.3 Å². The van der Waals surface area contributed by atoms with Gasteiger partial charge < -0.3 is 5.11 Å². The van der Waals surface area contributed by atoms with Crippen LogP contribution in [0.2, 0.25) is 0 Å². The van der Waals surface area contributed by atoms with Crippen molar-refractivity contribution in [1.29, 1.82) is 0 Å². The van der Waals surface area contributed by atoms with Crippen LogP contribution in [-0.4, -0.2) is 29.1 Å². The monoisotopic (exact) mass is 293 g/mol. The van der Waals surface area contributed by atoms with E-state index in [1.807, 2.05) is 0 Å². The number of benzene rings is 1. The molecule has 0 aliphatic heterocycles. The van der Waals surface area contributed by atoms with E-state index in [0.717, 1.165) is 25.6 Å². The molecule has 0 aromatic heterocycles. The van der Waals surface area contributed by atoms with Gasteiger partial charge in [0.2, 0.25) is 0 Å². The second kappa shape index (κ2) is 8.57. The van der Waals surface area contributed by atoms with Crippen LogP contribution in [0.1, 0.15) is 38.3 Å². The summed E-state index contributed by atoms with van der Waals surface area (Å²) in [5.74, 6) is -0.735. The van der Waals surface area contributed by atoms with Crippen molar-refractivity contribution in [2.45, 2.75) is 33.7 Å². The van der Waals surface area contributed by atoms with Crippen LogP contribution in [0.3, 0.4) is 0 Å². The molecule has 0 saturated carbocycles. The van der Waals surface area contributed by atoms with Crippen LogP contribution in [0.25, 0.3) is 6.08 Å². The van der Waals surface area contributed by atoms with Crippen LogP contribution in [0.5, 0.6) is 0 Å². The highest BCUT2D eigenvalue weighted by molar-refractivity contribution is 5.85. The topological polar surface area (TPSA) is 40.5 Å². The van der Waals surface area contributed by atoms with Gasteiger partial charge in [0.1, 0.15) is 5.82 Å². The molecule has 1 N–H and O–H groups in total. The quantitative estimate of drug-likeness (QED) is 0.741. The molecular weight excluding hydrogens is 269 g/mol. The number of aliphatic carboxylic acids is 1.